The van der Waals surface area contributed by atoms with Gasteiger partial charge < -0.3 is 9.73 Å². The number of anilines is 1. The molecule has 0 saturated carbocycles. The van der Waals surface area contributed by atoms with Gasteiger partial charge in [-0.05, 0) is 30.7 Å². The van der Waals surface area contributed by atoms with Gasteiger partial charge in [0.1, 0.15) is 0 Å². The lowest BCUT2D eigenvalue weighted by atomic mass is 10.1. The Bertz CT molecular complexity index is 692. The minimum atomic E-state index is 0.532. The third-order valence-corrected chi connectivity index (χ3v) is 3.05. The van der Waals surface area contributed by atoms with Crippen molar-refractivity contribution in [3.05, 3.63) is 66.1 Å². The molecule has 4 nitrogen and oxygen atoms in total. The molecule has 1 N–H and O–H groups in total. The smallest absolute Gasteiger partial charge is 0.247 e. The van der Waals surface area contributed by atoms with E-state index in [1.165, 1.54) is 17.5 Å². The van der Waals surface area contributed by atoms with Crippen LogP contribution in [0.4, 0.5) is 5.69 Å². The normalized spacial score (nSPS) is 10.4. The fourth-order valence-electron chi connectivity index (χ4n) is 2.09. The molecule has 0 bridgehead atoms. The number of aromatic nitrogens is 2. The van der Waals surface area contributed by atoms with Crippen molar-refractivity contribution < 1.29 is 4.42 Å². The first-order chi connectivity index (χ1) is 9.81. The van der Waals surface area contributed by atoms with Crippen LogP contribution in [0.3, 0.4) is 0 Å². The van der Waals surface area contributed by atoms with Crippen molar-refractivity contribution in [2.45, 2.75) is 13.5 Å². The van der Waals surface area contributed by atoms with Crippen molar-refractivity contribution in [3.63, 3.8) is 0 Å². The van der Waals surface area contributed by atoms with Gasteiger partial charge in [-0.1, -0.05) is 35.9 Å². The molecule has 3 rings (SSSR count). The van der Waals surface area contributed by atoms with Crippen molar-refractivity contribution in [1.29, 1.82) is 0 Å². The fraction of sp³-hybridized carbons (Fsp3) is 0.125. The Morgan fingerprint density at radius 2 is 2.00 bits per heavy atom. The van der Waals surface area contributed by atoms with E-state index < -0.39 is 0 Å². The number of nitrogens with one attached hydrogen (secondary N) is 1. The molecule has 0 amide bonds. The molecule has 0 saturated heterocycles. The van der Waals surface area contributed by atoms with Gasteiger partial charge in [-0.2, -0.15) is 0 Å². The van der Waals surface area contributed by atoms with Crippen molar-refractivity contribution in [1.82, 2.24) is 10.2 Å². The van der Waals surface area contributed by atoms with Gasteiger partial charge in [-0.15, -0.1) is 10.2 Å². The summed E-state index contributed by atoms with van der Waals surface area (Å²) in [6, 6.07) is 16.4. The highest BCUT2D eigenvalue weighted by Crippen LogP contribution is 2.20. The van der Waals surface area contributed by atoms with Crippen LogP contribution >= 0.6 is 0 Å². The Balaban J connectivity index is 1.73. The summed E-state index contributed by atoms with van der Waals surface area (Å²) in [5, 5.41) is 11.0. The molecule has 1 heterocycles. The Labute approximate surface area is 117 Å². The molecule has 0 aliphatic heterocycles. The minimum absolute atomic E-state index is 0.532. The van der Waals surface area contributed by atoms with E-state index in [4.69, 9.17) is 4.42 Å². The summed E-state index contributed by atoms with van der Waals surface area (Å²) in [7, 11) is 0. The van der Waals surface area contributed by atoms with E-state index in [0.29, 0.717) is 5.89 Å². The van der Waals surface area contributed by atoms with E-state index in [9.17, 15) is 0 Å². The molecule has 4 heteroatoms. The molecule has 100 valence electrons. The van der Waals surface area contributed by atoms with E-state index in [2.05, 4.69) is 46.7 Å². The third kappa shape index (κ3) is 2.85. The number of benzene rings is 2. The number of aryl methyl sites for hydroxylation is 1. The Morgan fingerprint density at radius 3 is 2.80 bits per heavy atom. The van der Waals surface area contributed by atoms with Gasteiger partial charge in [0.2, 0.25) is 12.3 Å². The van der Waals surface area contributed by atoms with E-state index in [0.717, 1.165) is 17.8 Å². The zero-order valence-corrected chi connectivity index (χ0v) is 11.2. The molecule has 0 aliphatic carbocycles. The summed E-state index contributed by atoms with van der Waals surface area (Å²) < 4.78 is 5.20. The standard InChI is InChI=1S/C16H15N3O/c1-12-4-2-5-13(8-12)10-17-15-7-3-6-14(9-15)16-19-18-11-20-16/h2-9,11,17H,10H2,1H3. The highest BCUT2D eigenvalue weighted by Gasteiger charge is 2.04. The van der Waals surface area contributed by atoms with Gasteiger partial charge in [0.05, 0.1) is 0 Å². The second kappa shape index (κ2) is 5.57. The van der Waals surface area contributed by atoms with Gasteiger partial charge in [-0.3, -0.25) is 0 Å². The van der Waals surface area contributed by atoms with Crippen LogP contribution in [0, 0.1) is 6.92 Å². The molecule has 0 unspecified atom stereocenters. The zero-order chi connectivity index (χ0) is 13.8. The topological polar surface area (TPSA) is 51.0 Å². The SMILES string of the molecule is Cc1cccc(CNc2cccc(-c3nnco3)c2)c1. The first-order valence-corrected chi connectivity index (χ1v) is 6.47. The Morgan fingerprint density at radius 1 is 1.10 bits per heavy atom. The minimum Gasteiger partial charge on any atom is -0.423 e. The van der Waals surface area contributed by atoms with E-state index in [1.807, 2.05) is 24.3 Å². The molecule has 3 aromatic rings. The third-order valence-electron chi connectivity index (χ3n) is 3.05. The molecule has 1 aromatic heterocycles. The van der Waals surface area contributed by atoms with Gasteiger partial charge >= 0.3 is 0 Å². The molecule has 0 radical (unpaired) electrons. The van der Waals surface area contributed by atoms with Crippen LogP contribution in [-0.4, -0.2) is 10.2 Å². The lowest BCUT2D eigenvalue weighted by Gasteiger charge is -2.08. The summed E-state index contributed by atoms with van der Waals surface area (Å²) in [5.74, 6) is 0.532. The van der Waals surface area contributed by atoms with Crippen LogP contribution in [0.2, 0.25) is 0 Å². The molecule has 0 aliphatic rings. The maximum Gasteiger partial charge on any atom is 0.247 e. The molecular formula is C16H15N3O. The van der Waals surface area contributed by atoms with Gasteiger partial charge in [0, 0.05) is 17.8 Å². The largest absolute Gasteiger partial charge is 0.423 e. The maximum absolute atomic E-state index is 5.20. The van der Waals surface area contributed by atoms with Crippen molar-refractivity contribution in [3.8, 4) is 11.5 Å². The van der Waals surface area contributed by atoms with Gasteiger partial charge in [0.25, 0.3) is 0 Å². The van der Waals surface area contributed by atoms with Gasteiger partial charge in [0.15, 0.2) is 0 Å². The van der Waals surface area contributed by atoms with E-state index in [1.54, 1.807) is 0 Å². The predicted octanol–water partition coefficient (Wildman–Crippen LogP) is 3.66. The molecular weight excluding hydrogens is 250 g/mol. The summed E-state index contributed by atoms with van der Waals surface area (Å²) in [4.78, 5) is 0. The number of rotatable bonds is 4. The average Bonchev–Trinajstić information content (AvgIpc) is 3.00. The highest BCUT2D eigenvalue weighted by molar-refractivity contribution is 5.60. The molecule has 2 aromatic carbocycles. The summed E-state index contributed by atoms with van der Waals surface area (Å²) in [5.41, 5.74) is 4.47. The van der Waals surface area contributed by atoms with Crippen LogP contribution < -0.4 is 5.32 Å². The van der Waals surface area contributed by atoms with E-state index >= 15 is 0 Å². The first-order valence-electron chi connectivity index (χ1n) is 6.47. The number of nitrogens with zero attached hydrogens (tertiary/aromatic N) is 2. The summed E-state index contributed by atoms with van der Waals surface area (Å²) >= 11 is 0. The zero-order valence-electron chi connectivity index (χ0n) is 11.2. The second-order valence-corrected chi connectivity index (χ2v) is 4.67. The average molecular weight is 265 g/mol. The summed E-state index contributed by atoms with van der Waals surface area (Å²) in [6.45, 7) is 2.88. The Hall–Kier alpha value is -2.62. The van der Waals surface area contributed by atoms with Crippen LogP contribution in [-0.2, 0) is 6.54 Å². The summed E-state index contributed by atoms with van der Waals surface area (Å²) in [6.07, 6.45) is 1.34. The van der Waals surface area contributed by atoms with Crippen LogP contribution in [0.15, 0.2) is 59.3 Å². The predicted molar refractivity (Wildman–Crippen MR) is 78.2 cm³/mol. The van der Waals surface area contributed by atoms with Crippen molar-refractivity contribution in [2.75, 3.05) is 5.32 Å². The fourth-order valence-corrected chi connectivity index (χ4v) is 2.09. The van der Waals surface area contributed by atoms with Crippen molar-refractivity contribution >= 4 is 5.69 Å². The van der Waals surface area contributed by atoms with E-state index in [-0.39, 0.29) is 0 Å². The monoisotopic (exact) mass is 265 g/mol. The van der Waals surface area contributed by atoms with Gasteiger partial charge in [-0.25, -0.2) is 0 Å². The van der Waals surface area contributed by atoms with Crippen LogP contribution in [0.5, 0.6) is 0 Å². The molecule has 0 atom stereocenters. The molecule has 0 spiro atoms. The molecule has 20 heavy (non-hydrogen) atoms. The highest BCUT2D eigenvalue weighted by atomic mass is 16.4. The van der Waals surface area contributed by atoms with Crippen LogP contribution in [0.1, 0.15) is 11.1 Å². The number of hydrogen-bond acceptors (Lipinski definition) is 4. The lowest BCUT2D eigenvalue weighted by Crippen LogP contribution is -1.99. The van der Waals surface area contributed by atoms with Crippen molar-refractivity contribution in [2.24, 2.45) is 0 Å². The quantitative estimate of drug-likeness (QED) is 0.782. The lowest BCUT2D eigenvalue weighted by molar-refractivity contribution is 0.568. The van der Waals surface area contributed by atoms with Crippen LogP contribution in [0.25, 0.3) is 11.5 Å². The maximum atomic E-state index is 5.20. The molecule has 0 fully saturated rings. The Kier molecular flexibility index (Phi) is 3.46. The first kappa shape index (κ1) is 12.4. The number of hydrogen-bond donors (Lipinski definition) is 1. The second-order valence-electron chi connectivity index (χ2n) is 4.67.